The monoisotopic (exact) mass is 459 g/mol. The molecule has 3 rings (SSSR count). The molecule has 1 atom stereocenters. The van der Waals surface area contributed by atoms with Crippen LogP contribution in [0.15, 0.2) is 66.7 Å². The topological polar surface area (TPSA) is 55.4 Å². The molecule has 0 aliphatic heterocycles. The fourth-order valence-corrected chi connectivity index (χ4v) is 3.50. The number of methoxy groups -OCH3 is 1. The summed E-state index contributed by atoms with van der Waals surface area (Å²) in [5.74, 6) is -0.750. The van der Waals surface area contributed by atoms with Gasteiger partial charge in [-0.15, -0.1) is 0 Å². The molecule has 0 aromatic heterocycles. The molecule has 1 amide bonds. The Kier molecular flexibility index (Phi) is 5.88. The standard InChI is InChI=1S/C21H18INO3/c1-26-21(25)19(13-14-6-4-9-16(22)12-14)23-20(24)18-11-5-8-15-7-2-3-10-17(15)18/h2-12,19H,13H2,1H3,(H,23,24)/t19-/m1/s1. The predicted octanol–water partition coefficient (Wildman–Crippen LogP) is 3.96. The number of esters is 1. The zero-order valence-corrected chi connectivity index (χ0v) is 16.4. The Hall–Kier alpha value is -2.41. The zero-order valence-electron chi connectivity index (χ0n) is 14.2. The van der Waals surface area contributed by atoms with Crippen LogP contribution in [0, 0.1) is 3.57 Å². The fourth-order valence-electron chi connectivity index (χ4n) is 2.89. The van der Waals surface area contributed by atoms with Crippen molar-refractivity contribution in [2.45, 2.75) is 12.5 Å². The molecule has 0 saturated heterocycles. The highest BCUT2D eigenvalue weighted by Gasteiger charge is 2.23. The molecule has 0 bridgehead atoms. The lowest BCUT2D eigenvalue weighted by atomic mass is 10.0. The van der Waals surface area contributed by atoms with Gasteiger partial charge in [-0.2, -0.15) is 0 Å². The Balaban J connectivity index is 1.86. The van der Waals surface area contributed by atoms with Crippen LogP contribution in [-0.4, -0.2) is 25.0 Å². The number of carbonyl (C=O) groups is 2. The summed E-state index contributed by atoms with van der Waals surface area (Å²) < 4.78 is 5.96. The highest BCUT2D eigenvalue weighted by atomic mass is 127. The molecular formula is C21H18INO3. The molecule has 0 aliphatic carbocycles. The van der Waals surface area contributed by atoms with Gasteiger partial charge in [0.15, 0.2) is 0 Å². The summed E-state index contributed by atoms with van der Waals surface area (Å²) in [7, 11) is 1.33. The number of rotatable bonds is 5. The van der Waals surface area contributed by atoms with Gasteiger partial charge in [-0.3, -0.25) is 4.79 Å². The van der Waals surface area contributed by atoms with E-state index in [1.165, 1.54) is 7.11 Å². The number of hydrogen-bond acceptors (Lipinski definition) is 3. The Labute approximate surface area is 165 Å². The van der Waals surface area contributed by atoms with Gasteiger partial charge in [-0.25, -0.2) is 4.79 Å². The first kappa shape index (κ1) is 18.4. The molecule has 5 heteroatoms. The Morgan fingerprint density at radius 2 is 1.77 bits per heavy atom. The van der Waals surface area contributed by atoms with Gasteiger partial charge in [0.1, 0.15) is 6.04 Å². The number of carbonyl (C=O) groups excluding carboxylic acids is 2. The van der Waals surface area contributed by atoms with E-state index in [2.05, 4.69) is 27.9 Å². The molecule has 132 valence electrons. The SMILES string of the molecule is COC(=O)[C@@H](Cc1cccc(I)c1)NC(=O)c1cccc2ccccc12. The third-order valence-corrected chi connectivity index (χ3v) is 4.83. The molecule has 0 aliphatic rings. The van der Waals surface area contributed by atoms with Crippen molar-refractivity contribution in [1.82, 2.24) is 5.32 Å². The van der Waals surface area contributed by atoms with E-state index in [4.69, 9.17) is 4.74 Å². The van der Waals surface area contributed by atoms with E-state index in [0.717, 1.165) is 19.9 Å². The summed E-state index contributed by atoms with van der Waals surface area (Å²) in [6, 6.07) is 20.3. The molecular weight excluding hydrogens is 441 g/mol. The van der Waals surface area contributed by atoms with E-state index in [9.17, 15) is 9.59 Å². The lowest BCUT2D eigenvalue weighted by molar-refractivity contribution is -0.142. The van der Waals surface area contributed by atoms with Crippen LogP contribution < -0.4 is 5.32 Å². The average Bonchev–Trinajstić information content (AvgIpc) is 2.66. The van der Waals surface area contributed by atoms with Crippen molar-refractivity contribution in [2.24, 2.45) is 0 Å². The maximum absolute atomic E-state index is 12.8. The zero-order chi connectivity index (χ0) is 18.5. The first-order valence-corrected chi connectivity index (χ1v) is 9.27. The van der Waals surface area contributed by atoms with E-state index in [-0.39, 0.29) is 5.91 Å². The molecule has 26 heavy (non-hydrogen) atoms. The number of fused-ring (bicyclic) bond motifs is 1. The maximum Gasteiger partial charge on any atom is 0.328 e. The van der Waals surface area contributed by atoms with Crippen molar-refractivity contribution >= 4 is 45.2 Å². The van der Waals surface area contributed by atoms with E-state index < -0.39 is 12.0 Å². The second-order valence-corrected chi connectivity index (χ2v) is 7.16. The van der Waals surface area contributed by atoms with Gasteiger partial charge in [-0.1, -0.05) is 48.5 Å². The summed E-state index contributed by atoms with van der Waals surface area (Å²) in [5, 5.41) is 4.66. The minimum Gasteiger partial charge on any atom is -0.467 e. The van der Waals surface area contributed by atoms with Crippen molar-refractivity contribution in [3.8, 4) is 0 Å². The lowest BCUT2D eigenvalue weighted by Crippen LogP contribution is -2.43. The molecule has 4 nitrogen and oxygen atoms in total. The summed E-state index contributed by atoms with van der Waals surface area (Å²) >= 11 is 2.22. The smallest absolute Gasteiger partial charge is 0.328 e. The van der Waals surface area contributed by atoms with Crippen LogP contribution in [0.4, 0.5) is 0 Å². The van der Waals surface area contributed by atoms with Gasteiger partial charge in [0, 0.05) is 15.6 Å². The first-order chi connectivity index (χ1) is 12.6. The van der Waals surface area contributed by atoms with Gasteiger partial charge < -0.3 is 10.1 Å². The van der Waals surface area contributed by atoms with Crippen molar-refractivity contribution in [1.29, 1.82) is 0 Å². The van der Waals surface area contributed by atoms with Crippen molar-refractivity contribution in [3.63, 3.8) is 0 Å². The summed E-state index contributed by atoms with van der Waals surface area (Å²) in [6.45, 7) is 0. The minimum atomic E-state index is -0.746. The fraction of sp³-hybridized carbons (Fsp3) is 0.143. The number of ether oxygens (including phenoxy) is 1. The van der Waals surface area contributed by atoms with Crippen molar-refractivity contribution in [3.05, 3.63) is 81.4 Å². The predicted molar refractivity (Wildman–Crippen MR) is 110 cm³/mol. The molecule has 1 N–H and O–H groups in total. The molecule has 3 aromatic rings. The van der Waals surface area contributed by atoms with Crippen LogP contribution in [-0.2, 0) is 16.0 Å². The molecule has 0 saturated carbocycles. The van der Waals surface area contributed by atoms with Gasteiger partial charge in [0.2, 0.25) is 0 Å². The van der Waals surface area contributed by atoms with Gasteiger partial charge in [0.25, 0.3) is 5.91 Å². The van der Waals surface area contributed by atoms with Crippen molar-refractivity contribution < 1.29 is 14.3 Å². The number of benzene rings is 3. The Morgan fingerprint density at radius 1 is 1.04 bits per heavy atom. The number of halogens is 1. The summed E-state index contributed by atoms with van der Waals surface area (Å²) in [5.41, 5.74) is 1.50. The second-order valence-electron chi connectivity index (χ2n) is 5.91. The maximum atomic E-state index is 12.8. The van der Waals surface area contributed by atoms with E-state index in [0.29, 0.717) is 12.0 Å². The summed E-state index contributed by atoms with van der Waals surface area (Å²) in [6.07, 6.45) is 0.375. The number of nitrogens with one attached hydrogen (secondary N) is 1. The molecule has 0 spiro atoms. The molecule has 0 radical (unpaired) electrons. The van der Waals surface area contributed by atoms with Gasteiger partial charge >= 0.3 is 5.97 Å². The molecule has 0 fully saturated rings. The van der Waals surface area contributed by atoms with Crippen LogP contribution in [0.1, 0.15) is 15.9 Å². The third kappa shape index (κ3) is 4.22. The van der Waals surface area contributed by atoms with Gasteiger partial charge in [-0.05, 0) is 57.1 Å². The summed E-state index contributed by atoms with van der Waals surface area (Å²) in [4.78, 5) is 25.0. The minimum absolute atomic E-state index is 0.289. The Morgan fingerprint density at radius 3 is 2.54 bits per heavy atom. The van der Waals surface area contributed by atoms with Crippen LogP contribution in [0.2, 0.25) is 0 Å². The second kappa shape index (κ2) is 8.31. The van der Waals surface area contributed by atoms with Crippen LogP contribution in [0.5, 0.6) is 0 Å². The van der Waals surface area contributed by atoms with E-state index in [1.807, 2.05) is 60.7 Å². The Bertz CT molecular complexity index is 949. The van der Waals surface area contributed by atoms with E-state index in [1.54, 1.807) is 6.07 Å². The van der Waals surface area contributed by atoms with Crippen LogP contribution in [0.25, 0.3) is 10.8 Å². The van der Waals surface area contributed by atoms with Crippen molar-refractivity contribution in [2.75, 3.05) is 7.11 Å². The third-order valence-electron chi connectivity index (χ3n) is 4.15. The lowest BCUT2D eigenvalue weighted by Gasteiger charge is -2.17. The van der Waals surface area contributed by atoms with Crippen LogP contribution >= 0.6 is 22.6 Å². The normalized spacial score (nSPS) is 11.8. The largest absolute Gasteiger partial charge is 0.467 e. The van der Waals surface area contributed by atoms with Crippen LogP contribution in [0.3, 0.4) is 0 Å². The average molecular weight is 459 g/mol. The molecule has 0 unspecified atom stereocenters. The van der Waals surface area contributed by atoms with Gasteiger partial charge in [0.05, 0.1) is 7.11 Å². The highest BCUT2D eigenvalue weighted by Crippen LogP contribution is 2.19. The number of hydrogen-bond donors (Lipinski definition) is 1. The molecule has 3 aromatic carbocycles. The highest BCUT2D eigenvalue weighted by molar-refractivity contribution is 14.1. The molecule has 0 heterocycles. The number of amides is 1. The quantitative estimate of drug-likeness (QED) is 0.465. The van der Waals surface area contributed by atoms with E-state index >= 15 is 0 Å². The first-order valence-electron chi connectivity index (χ1n) is 8.19.